The van der Waals surface area contributed by atoms with Gasteiger partial charge in [-0.1, -0.05) is 13.0 Å². The predicted molar refractivity (Wildman–Crippen MR) is 70.9 cm³/mol. The Morgan fingerprint density at radius 3 is 2.83 bits per heavy atom. The maximum absolute atomic E-state index is 12.0. The molecular weight excluding hydrogens is 272 g/mol. The molecule has 6 nitrogen and oxygen atoms in total. The van der Waals surface area contributed by atoms with Gasteiger partial charge >= 0.3 is 0 Å². The molecule has 2 rings (SSSR count). The van der Waals surface area contributed by atoms with Gasteiger partial charge in [0.05, 0.1) is 4.90 Å². The number of hydrogen-bond donors (Lipinski definition) is 2. The normalized spacial score (nSPS) is 11.4. The summed E-state index contributed by atoms with van der Waals surface area (Å²) < 4.78 is 30.4. The van der Waals surface area contributed by atoms with Gasteiger partial charge in [-0.05, 0) is 18.2 Å². The zero-order valence-electron chi connectivity index (χ0n) is 9.62. The van der Waals surface area contributed by atoms with E-state index in [9.17, 15) is 8.42 Å². The molecule has 1 heterocycles. The number of sulfonamides is 1. The summed E-state index contributed by atoms with van der Waals surface area (Å²) in [6.07, 6.45) is 0.663. The van der Waals surface area contributed by atoms with Crippen LogP contribution in [0.4, 0.5) is 10.8 Å². The molecule has 96 valence electrons. The van der Waals surface area contributed by atoms with Crippen LogP contribution < -0.4 is 10.5 Å². The minimum Gasteiger partial charge on any atom is -0.399 e. The van der Waals surface area contributed by atoms with Gasteiger partial charge in [0.2, 0.25) is 5.13 Å². The molecular formula is C10H12N4O2S2. The molecule has 18 heavy (non-hydrogen) atoms. The van der Waals surface area contributed by atoms with E-state index >= 15 is 0 Å². The van der Waals surface area contributed by atoms with Crippen molar-refractivity contribution < 1.29 is 8.42 Å². The largest absolute Gasteiger partial charge is 0.399 e. The minimum atomic E-state index is -3.65. The van der Waals surface area contributed by atoms with Crippen molar-refractivity contribution in [3.8, 4) is 0 Å². The molecule has 1 aromatic heterocycles. The Hall–Kier alpha value is -1.67. The van der Waals surface area contributed by atoms with Crippen LogP contribution in [-0.4, -0.2) is 17.8 Å². The molecule has 0 aliphatic carbocycles. The number of nitrogens with two attached hydrogens (primary N) is 1. The SMILES string of the molecule is CCc1nsc(NS(=O)(=O)c2cccc(N)c2)n1. The number of aryl methyl sites for hydroxylation is 1. The second-order valence-electron chi connectivity index (χ2n) is 3.55. The number of nitrogens with one attached hydrogen (secondary N) is 1. The third kappa shape index (κ3) is 2.77. The topological polar surface area (TPSA) is 98.0 Å². The van der Waals surface area contributed by atoms with E-state index in [-0.39, 0.29) is 10.0 Å². The quantitative estimate of drug-likeness (QED) is 0.829. The van der Waals surface area contributed by atoms with Crippen molar-refractivity contribution in [3.63, 3.8) is 0 Å². The van der Waals surface area contributed by atoms with Gasteiger partial charge in [0.1, 0.15) is 5.82 Å². The summed E-state index contributed by atoms with van der Waals surface area (Å²) in [6, 6.07) is 6.07. The molecule has 0 saturated heterocycles. The maximum atomic E-state index is 12.0. The molecule has 0 aliphatic rings. The Labute approximate surface area is 109 Å². The maximum Gasteiger partial charge on any atom is 0.263 e. The van der Waals surface area contributed by atoms with E-state index in [0.717, 1.165) is 11.5 Å². The van der Waals surface area contributed by atoms with Gasteiger partial charge in [-0.25, -0.2) is 13.4 Å². The molecule has 0 fully saturated rings. The van der Waals surface area contributed by atoms with E-state index in [2.05, 4.69) is 14.1 Å². The summed E-state index contributed by atoms with van der Waals surface area (Å²) in [6.45, 7) is 1.90. The molecule has 0 radical (unpaired) electrons. The Morgan fingerprint density at radius 2 is 2.22 bits per heavy atom. The molecule has 0 unspecified atom stereocenters. The van der Waals surface area contributed by atoms with Gasteiger partial charge in [0.15, 0.2) is 0 Å². The first-order valence-corrected chi connectivity index (χ1v) is 7.48. The molecule has 0 saturated carbocycles. The number of nitrogen functional groups attached to an aromatic ring is 1. The van der Waals surface area contributed by atoms with Gasteiger partial charge in [0.25, 0.3) is 10.0 Å². The van der Waals surface area contributed by atoms with Crippen LogP contribution in [0, 0.1) is 0 Å². The lowest BCUT2D eigenvalue weighted by molar-refractivity contribution is 0.601. The molecule has 1 aromatic carbocycles. The fourth-order valence-corrected chi connectivity index (χ4v) is 3.22. The summed E-state index contributed by atoms with van der Waals surface area (Å²) in [4.78, 5) is 4.15. The van der Waals surface area contributed by atoms with Crippen LogP contribution in [0.2, 0.25) is 0 Å². The average Bonchev–Trinajstić information content (AvgIpc) is 2.76. The minimum absolute atomic E-state index is 0.107. The van der Waals surface area contributed by atoms with E-state index in [1.807, 2.05) is 6.92 Å². The summed E-state index contributed by atoms with van der Waals surface area (Å²) in [5.41, 5.74) is 5.95. The number of benzene rings is 1. The zero-order valence-corrected chi connectivity index (χ0v) is 11.3. The molecule has 8 heteroatoms. The third-order valence-corrected chi connectivity index (χ3v) is 4.31. The lowest BCUT2D eigenvalue weighted by atomic mass is 10.3. The highest BCUT2D eigenvalue weighted by Gasteiger charge is 2.16. The zero-order chi connectivity index (χ0) is 13.2. The van der Waals surface area contributed by atoms with E-state index in [4.69, 9.17) is 5.73 Å². The van der Waals surface area contributed by atoms with Crippen LogP contribution in [0.25, 0.3) is 0 Å². The number of aromatic nitrogens is 2. The van der Waals surface area contributed by atoms with Gasteiger partial charge in [-0.3, -0.25) is 4.72 Å². The van der Waals surface area contributed by atoms with Crippen molar-refractivity contribution in [2.45, 2.75) is 18.2 Å². The van der Waals surface area contributed by atoms with Crippen LogP contribution in [0.1, 0.15) is 12.7 Å². The van der Waals surface area contributed by atoms with E-state index in [1.54, 1.807) is 12.1 Å². The number of hydrogen-bond acceptors (Lipinski definition) is 6. The Bertz CT molecular complexity index is 651. The van der Waals surface area contributed by atoms with E-state index in [1.165, 1.54) is 12.1 Å². The molecule has 0 bridgehead atoms. The third-order valence-electron chi connectivity index (χ3n) is 2.17. The number of rotatable bonds is 4. The lowest BCUT2D eigenvalue weighted by Crippen LogP contribution is -2.13. The van der Waals surface area contributed by atoms with Crippen molar-refractivity contribution in [2.24, 2.45) is 0 Å². The lowest BCUT2D eigenvalue weighted by Gasteiger charge is -2.04. The second kappa shape index (κ2) is 4.91. The molecule has 2 aromatic rings. The summed E-state index contributed by atoms with van der Waals surface area (Å²) in [5, 5.41) is 0.259. The first kappa shape index (κ1) is 12.8. The van der Waals surface area contributed by atoms with Crippen LogP contribution >= 0.6 is 11.5 Å². The van der Waals surface area contributed by atoms with Gasteiger partial charge in [-0.15, -0.1) is 0 Å². The monoisotopic (exact) mass is 284 g/mol. The number of nitrogens with zero attached hydrogens (tertiary/aromatic N) is 2. The van der Waals surface area contributed by atoms with Gasteiger partial charge < -0.3 is 5.73 Å². The second-order valence-corrected chi connectivity index (χ2v) is 5.98. The predicted octanol–water partition coefficient (Wildman–Crippen LogP) is 1.48. The fourth-order valence-electron chi connectivity index (χ4n) is 1.29. The van der Waals surface area contributed by atoms with Crippen LogP contribution in [0.5, 0.6) is 0 Å². The number of anilines is 2. The van der Waals surface area contributed by atoms with Crippen molar-refractivity contribution >= 4 is 32.4 Å². The highest BCUT2D eigenvalue weighted by Crippen LogP contribution is 2.19. The first-order valence-electron chi connectivity index (χ1n) is 5.22. The van der Waals surface area contributed by atoms with Gasteiger partial charge in [-0.2, -0.15) is 4.37 Å². The average molecular weight is 284 g/mol. The van der Waals surface area contributed by atoms with E-state index < -0.39 is 10.0 Å². The summed E-state index contributed by atoms with van der Waals surface area (Å²) >= 11 is 1.02. The Kier molecular flexibility index (Phi) is 3.48. The smallest absolute Gasteiger partial charge is 0.263 e. The van der Waals surface area contributed by atoms with Crippen LogP contribution in [0.3, 0.4) is 0 Å². The highest BCUT2D eigenvalue weighted by molar-refractivity contribution is 7.93. The van der Waals surface area contributed by atoms with Crippen LogP contribution in [0.15, 0.2) is 29.2 Å². The molecule has 0 spiro atoms. The fraction of sp³-hybridized carbons (Fsp3) is 0.200. The Morgan fingerprint density at radius 1 is 1.44 bits per heavy atom. The summed E-state index contributed by atoms with van der Waals surface area (Å²) in [5.74, 6) is 0.616. The van der Waals surface area contributed by atoms with E-state index in [0.29, 0.717) is 17.9 Å². The van der Waals surface area contributed by atoms with Crippen molar-refractivity contribution in [3.05, 3.63) is 30.1 Å². The first-order chi connectivity index (χ1) is 8.51. The van der Waals surface area contributed by atoms with Crippen LogP contribution in [-0.2, 0) is 16.4 Å². The Balaban J connectivity index is 2.27. The molecule has 0 amide bonds. The molecule has 0 atom stereocenters. The van der Waals surface area contributed by atoms with Crippen molar-refractivity contribution in [1.29, 1.82) is 0 Å². The molecule has 3 N–H and O–H groups in total. The van der Waals surface area contributed by atoms with Crippen molar-refractivity contribution in [2.75, 3.05) is 10.5 Å². The van der Waals surface area contributed by atoms with Crippen molar-refractivity contribution in [1.82, 2.24) is 9.36 Å². The summed E-state index contributed by atoms with van der Waals surface area (Å²) in [7, 11) is -3.65. The standard InChI is InChI=1S/C10H12N4O2S2/c1-2-9-12-10(17-13-9)14-18(15,16)8-5-3-4-7(11)6-8/h3-6H,2,11H2,1H3,(H,12,13,14). The van der Waals surface area contributed by atoms with Gasteiger partial charge in [0, 0.05) is 23.6 Å². The molecule has 0 aliphatic heterocycles. The highest BCUT2D eigenvalue weighted by atomic mass is 32.2.